The molecule has 3 rings (SSSR count). The number of aromatic nitrogens is 1. The molecule has 0 radical (unpaired) electrons. The smallest absolute Gasteiger partial charge is 0.253 e. The number of benzene rings is 1. The van der Waals surface area contributed by atoms with Gasteiger partial charge in [-0.3, -0.25) is 9.78 Å². The van der Waals surface area contributed by atoms with Crippen molar-refractivity contribution in [3.8, 4) is 0 Å². The van der Waals surface area contributed by atoms with Gasteiger partial charge in [0.15, 0.2) is 0 Å². The van der Waals surface area contributed by atoms with E-state index in [9.17, 15) is 4.79 Å². The Balaban J connectivity index is 1.72. The Labute approximate surface area is 131 Å². The highest BCUT2D eigenvalue weighted by Crippen LogP contribution is 2.21. The molecule has 2 aromatic rings. The fourth-order valence-electron chi connectivity index (χ4n) is 2.84. The lowest BCUT2D eigenvalue weighted by molar-refractivity contribution is 0.0937. The van der Waals surface area contributed by atoms with Gasteiger partial charge in [0.1, 0.15) is 0 Å². The molecule has 1 aliphatic rings. The highest BCUT2D eigenvalue weighted by molar-refractivity contribution is 5.95. The average Bonchev–Trinajstić information content (AvgIpc) is 3.03. The molecule has 1 aliphatic carbocycles. The van der Waals surface area contributed by atoms with Gasteiger partial charge >= 0.3 is 0 Å². The third-order valence-electron chi connectivity index (χ3n) is 4.11. The second kappa shape index (κ2) is 6.60. The molecule has 0 bridgehead atoms. The monoisotopic (exact) mass is 295 g/mol. The Morgan fingerprint density at radius 3 is 2.73 bits per heavy atom. The van der Waals surface area contributed by atoms with Gasteiger partial charge in [-0.1, -0.05) is 31.0 Å². The van der Waals surface area contributed by atoms with Gasteiger partial charge in [0, 0.05) is 17.9 Å². The van der Waals surface area contributed by atoms with Gasteiger partial charge in [-0.15, -0.1) is 0 Å². The quantitative estimate of drug-likeness (QED) is 0.902. The molecule has 1 aromatic heterocycles. The maximum absolute atomic E-state index is 12.3. The van der Waals surface area contributed by atoms with Crippen molar-refractivity contribution >= 4 is 17.3 Å². The molecule has 1 saturated carbocycles. The molecule has 114 valence electrons. The predicted octanol–water partition coefficient (Wildman–Crippen LogP) is 3.81. The predicted molar refractivity (Wildman–Crippen MR) is 88.4 cm³/mol. The molecule has 0 spiro atoms. The van der Waals surface area contributed by atoms with Crippen molar-refractivity contribution in [3.05, 3.63) is 53.9 Å². The molecule has 1 amide bonds. The van der Waals surface area contributed by atoms with Crippen LogP contribution in [0.3, 0.4) is 0 Å². The summed E-state index contributed by atoms with van der Waals surface area (Å²) in [7, 11) is 0. The number of pyridine rings is 1. The minimum atomic E-state index is -0.0344. The summed E-state index contributed by atoms with van der Waals surface area (Å²) >= 11 is 0. The SMILES string of the molecule is Cc1ccccc1Nc1cncc(C(=O)NC2CCCC2)c1. The zero-order chi connectivity index (χ0) is 15.4. The van der Waals surface area contributed by atoms with Crippen LogP contribution in [0, 0.1) is 6.92 Å². The first-order valence-corrected chi connectivity index (χ1v) is 7.81. The molecule has 4 nitrogen and oxygen atoms in total. The number of anilines is 2. The number of para-hydroxylation sites is 1. The van der Waals surface area contributed by atoms with Crippen LogP contribution in [-0.2, 0) is 0 Å². The number of nitrogens with zero attached hydrogens (tertiary/aromatic N) is 1. The fourth-order valence-corrected chi connectivity index (χ4v) is 2.84. The number of rotatable bonds is 4. The lowest BCUT2D eigenvalue weighted by atomic mass is 10.2. The first kappa shape index (κ1) is 14.6. The van der Waals surface area contributed by atoms with Crippen molar-refractivity contribution in [2.45, 2.75) is 38.6 Å². The third kappa shape index (κ3) is 3.45. The summed E-state index contributed by atoms with van der Waals surface area (Å²) in [5, 5.41) is 6.41. The van der Waals surface area contributed by atoms with E-state index in [2.05, 4.69) is 15.6 Å². The van der Waals surface area contributed by atoms with Gasteiger partial charge in [-0.25, -0.2) is 0 Å². The normalized spacial score (nSPS) is 14.8. The van der Waals surface area contributed by atoms with E-state index in [1.807, 2.05) is 37.3 Å². The van der Waals surface area contributed by atoms with Crippen molar-refractivity contribution in [2.24, 2.45) is 0 Å². The lowest BCUT2D eigenvalue weighted by Crippen LogP contribution is -2.32. The van der Waals surface area contributed by atoms with Crippen LogP contribution < -0.4 is 10.6 Å². The van der Waals surface area contributed by atoms with E-state index in [-0.39, 0.29) is 5.91 Å². The molecular formula is C18H21N3O. The number of hydrogen-bond acceptors (Lipinski definition) is 3. The topological polar surface area (TPSA) is 54.0 Å². The Morgan fingerprint density at radius 2 is 1.95 bits per heavy atom. The molecule has 22 heavy (non-hydrogen) atoms. The Morgan fingerprint density at radius 1 is 1.18 bits per heavy atom. The molecule has 0 saturated heterocycles. The van der Waals surface area contributed by atoms with Crippen molar-refractivity contribution in [3.63, 3.8) is 0 Å². The van der Waals surface area contributed by atoms with Crippen LogP contribution in [0.2, 0.25) is 0 Å². The van der Waals surface area contributed by atoms with E-state index < -0.39 is 0 Å². The Kier molecular flexibility index (Phi) is 4.37. The summed E-state index contributed by atoms with van der Waals surface area (Å²) in [5.41, 5.74) is 3.61. The van der Waals surface area contributed by atoms with Crippen LogP contribution in [-0.4, -0.2) is 16.9 Å². The number of carbonyl (C=O) groups excluding carboxylic acids is 1. The summed E-state index contributed by atoms with van der Waals surface area (Å²) in [6.45, 7) is 2.05. The van der Waals surface area contributed by atoms with Crippen molar-refractivity contribution in [1.82, 2.24) is 10.3 Å². The number of carbonyl (C=O) groups is 1. The molecular weight excluding hydrogens is 274 g/mol. The molecule has 1 fully saturated rings. The van der Waals surface area contributed by atoms with Crippen LogP contribution in [0.15, 0.2) is 42.7 Å². The van der Waals surface area contributed by atoms with E-state index in [0.717, 1.165) is 29.8 Å². The van der Waals surface area contributed by atoms with Crippen molar-refractivity contribution in [2.75, 3.05) is 5.32 Å². The number of aryl methyl sites for hydroxylation is 1. The number of hydrogen-bond donors (Lipinski definition) is 2. The van der Waals surface area contributed by atoms with Crippen LogP contribution in [0.25, 0.3) is 0 Å². The first-order chi connectivity index (χ1) is 10.7. The minimum absolute atomic E-state index is 0.0344. The fraction of sp³-hybridized carbons (Fsp3) is 0.333. The van der Waals surface area contributed by atoms with Gasteiger partial charge in [-0.2, -0.15) is 0 Å². The zero-order valence-electron chi connectivity index (χ0n) is 12.8. The molecule has 2 N–H and O–H groups in total. The van der Waals surface area contributed by atoms with Gasteiger partial charge in [0.2, 0.25) is 0 Å². The maximum Gasteiger partial charge on any atom is 0.253 e. The average molecular weight is 295 g/mol. The van der Waals surface area contributed by atoms with E-state index >= 15 is 0 Å². The lowest BCUT2D eigenvalue weighted by Gasteiger charge is -2.13. The standard InChI is InChI=1S/C18H21N3O/c1-13-6-2-5-9-17(13)20-16-10-14(11-19-12-16)18(22)21-15-7-3-4-8-15/h2,5-6,9-12,15,20H,3-4,7-8H2,1H3,(H,21,22). The summed E-state index contributed by atoms with van der Waals surface area (Å²) in [6.07, 6.45) is 7.93. The van der Waals surface area contributed by atoms with E-state index in [0.29, 0.717) is 11.6 Å². The highest BCUT2D eigenvalue weighted by Gasteiger charge is 2.18. The van der Waals surface area contributed by atoms with Gasteiger partial charge in [0.25, 0.3) is 5.91 Å². The van der Waals surface area contributed by atoms with Crippen LogP contribution in [0.1, 0.15) is 41.6 Å². The molecule has 0 unspecified atom stereocenters. The zero-order valence-corrected chi connectivity index (χ0v) is 12.8. The largest absolute Gasteiger partial charge is 0.354 e. The maximum atomic E-state index is 12.3. The summed E-state index contributed by atoms with van der Waals surface area (Å²) < 4.78 is 0. The van der Waals surface area contributed by atoms with E-state index in [1.54, 1.807) is 12.4 Å². The molecule has 0 aliphatic heterocycles. The van der Waals surface area contributed by atoms with Crippen LogP contribution in [0.4, 0.5) is 11.4 Å². The number of amides is 1. The van der Waals surface area contributed by atoms with Crippen molar-refractivity contribution < 1.29 is 4.79 Å². The molecule has 4 heteroatoms. The van der Waals surface area contributed by atoms with Gasteiger partial charge in [-0.05, 0) is 37.5 Å². The summed E-state index contributed by atoms with van der Waals surface area (Å²) in [6, 6.07) is 10.2. The second-order valence-electron chi connectivity index (χ2n) is 5.86. The Bertz CT molecular complexity index is 663. The first-order valence-electron chi connectivity index (χ1n) is 7.81. The third-order valence-corrected chi connectivity index (χ3v) is 4.11. The molecule has 1 heterocycles. The second-order valence-corrected chi connectivity index (χ2v) is 5.86. The molecule has 1 aromatic carbocycles. The van der Waals surface area contributed by atoms with E-state index in [1.165, 1.54) is 12.8 Å². The van der Waals surface area contributed by atoms with Crippen LogP contribution in [0.5, 0.6) is 0 Å². The van der Waals surface area contributed by atoms with E-state index in [4.69, 9.17) is 0 Å². The Hall–Kier alpha value is -2.36. The van der Waals surface area contributed by atoms with Crippen LogP contribution >= 0.6 is 0 Å². The molecule has 0 atom stereocenters. The van der Waals surface area contributed by atoms with Crippen molar-refractivity contribution in [1.29, 1.82) is 0 Å². The minimum Gasteiger partial charge on any atom is -0.354 e. The number of nitrogens with one attached hydrogen (secondary N) is 2. The van der Waals surface area contributed by atoms with Gasteiger partial charge < -0.3 is 10.6 Å². The summed E-state index contributed by atoms with van der Waals surface area (Å²) in [5.74, 6) is -0.0344. The van der Waals surface area contributed by atoms with Gasteiger partial charge in [0.05, 0.1) is 17.4 Å². The summed E-state index contributed by atoms with van der Waals surface area (Å²) in [4.78, 5) is 16.5. The highest BCUT2D eigenvalue weighted by atomic mass is 16.1.